The fourth-order valence-corrected chi connectivity index (χ4v) is 2.72. The molecule has 1 unspecified atom stereocenters. The Bertz CT molecular complexity index is 522. The van der Waals surface area contributed by atoms with Gasteiger partial charge in [-0.1, -0.05) is 28.1 Å². The Labute approximate surface area is 123 Å². The van der Waals surface area contributed by atoms with E-state index in [0.29, 0.717) is 5.92 Å². The molecule has 4 heteroatoms. The summed E-state index contributed by atoms with van der Waals surface area (Å²) in [5, 5.41) is 0. The molecule has 0 radical (unpaired) electrons. The molecule has 0 aliphatic heterocycles. The highest BCUT2D eigenvalue weighted by Gasteiger charge is 2.10. The molecule has 0 bridgehead atoms. The van der Waals surface area contributed by atoms with Gasteiger partial charge in [0, 0.05) is 30.3 Å². The molecule has 1 atom stereocenters. The van der Waals surface area contributed by atoms with Crippen molar-refractivity contribution >= 4 is 15.9 Å². The summed E-state index contributed by atoms with van der Waals surface area (Å²) in [4.78, 5) is 4.36. The van der Waals surface area contributed by atoms with E-state index in [1.807, 2.05) is 19.4 Å². The van der Waals surface area contributed by atoms with E-state index < -0.39 is 0 Å². The second-order valence-corrected chi connectivity index (χ2v) is 5.84. The SMILES string of the molecule is Cn1ccnc1CCC(CN)Cc1cccc(Br)c1. The second-order valence-electron chi connectivity index (χ2n) is 4.93. The Hall–Kier alpha value is -1.13. The molecule has 0 spiro atoms. The molecule has 1 heterocycles. The van der Waals surface area contributed by atoms with Crippen molar-refractivity contribution in [2.75, 3.05) is 6.54 Å². The Morgan fingerprint density at radius 2 is 2.26 bits per heavy atom. The minimum Gasteiger partial charge on any atom is -0.338 e. The van der Waals surface area contributed by atoms with Gasteiger partial charge in [-0.25, -0.2) is 4.98 Å². The van der Waals surface area contributed by atoms with Crippen LogP contribution in [0.5, 0.6) is 0 Å². The van der Waals surface area contributed by atoms with Gasteiger partial charge in [-0.2, -0.15) is 0 Å². The summed E-state index contributed by atoms with van der Waals surface area (Å²) in [6, 6.07) is 8.46. The predicted molar refractivity (Wildman–Crippen MR) is 81.9 cm³/mol. The molecular weight excluding hydrogens is 302 g/mol. The maximum atomic E-state index is 5.90. The van der Waals surface area contributed by atoms with Gasteiger partial charge in [0.1, 0.15) is 5.82 Å². The highest BCUT2D eigenvalue weighted by molar-refractivity contribution is 9.10. The molecule has 0 aliphatic carbocycles. The first kappa shape index (κ1) is 14.3. The van der Waals surface area contributed by atoms with Crippen LogP contribution in [0.4, 0.5) is 0 Å². The first-order chi connectivity index (χ1) is 9.19. The van der Waals surface area contributed by atoms with Crippen molar-refractivity contribution < 1.29 is 0 Å². The molecule has 2 N–H and O–H groups in total. The van der Waals surface area contributed by atoms with E-state index in [-0.39, 0.29) is 0 Å². The molecule has 0 saturated heterocycles. The summed E-state index contributed by atoms with van der Waals surface area (Å²) < 4.78 is 3.21. The first-order valence-electron chi connectivity index (χ1n) is 6.59. The van der Waals surface area contributed by atoms with Crippen LogP contribution in [0, 0.1) is 5.92 Å². The summed E-state index contributed by atoms with van der Waals surface area (Å²) in [5.41, 5.74) is 7.23. The van der Waals surface area contributed by atoms with Crippen LogP contribution in [0.2, 0.25) is 0 Å². The Kier molecular flexibility index (Phi) is 5.16. The third-order valence-corrected chi connectivity index (χ3v) is 3.94. The van der Waals surface area contributed by atoms with Gasteiger partial charge in [-0.05, 0) is 43.0 Å². The number of nitrogens with zero attached hydrogens (tertiary/aromatic N) is 2. The summed E-state index contributed by atoms with van der Waals surface area (Å²) >= 11 is 3.51. The van der Waals surface area contributed by atoms with Crippen LogP contribution >= 0.6 is 15.9 Å². The number of aryl methyl sites for hydroxylation is 2. The number of benzene rings is 1. The maximum Gasteiger partial charge on any atom is 0.108 e. The fraction of sp³-hybridized carbons (Fsp3) is 0.400. The normalized spacial score (nSPS) is 12.6. The van der Waals surface area contributed by atoms with Crippen molar-refractivity contribution in [1.82, 2.24) is 9.55 Å². The van der Waals surface area contributed by atoms with Gasteiger partial charge in [-0.3, -0.25) is 0 Å². The summed E-state index contributed by atoms with van der Waals surface area (Å²) in [5.74, 6) is 1.64. The smallest absolute Gasteiger partial charge is 0.108 e. The lowest BCUT2D eigenvalue weighted by Gasteiger charge is -2.14. The molecule has 19 heavy (non-hydrogen) atoms. The largest absolute Gasteiger partial charge is 0.338 e. The van der Waals surface area contributed by atoms with Crippen molar-refractivity contribution in [3.05, 3.63) is 52.5 Å². The highest BCUT2D eigenvalue weighted by Crippen LogP contribution is 2.17. The minimum absolute atomic E-state index is 0.506. The van der Waals surface area contributed by atoms with Crippen molar-refractivity contribution in [3.8, 4) is 0 Å². The monoisotopic (exact) mass is 321 g/mol. The van der Waals surface area contributed by atoms with Crippen LogP contribution in [0.1, 0.15) is 17.8 Å². The van der Waals surface area contributed by atoms with E-state index in [9.17, 15) is 0 Å². The number of hydrogen-bond acceptors (Lipinski definition) is 2. The predicted octanol–water partition coefficient (Wildman–Crippen LogP) is 2.93. The van der Waals surface area contributed by atoms with E-state index >= 15 is 0 Å². The number of aromatic nitrogens is 2. The quantitative estimate of drug-likeness (QED) is 0.889. The van der Waals surface area contributed by atoms with Gasteiger partial charge in [0.25, 0.3) is 0 Å². The molecule has 3 nitrogen and oxygen atoms in total. The van der Waals surface area contributed by atoms with Gasteiger partial charge in [-0.15, -0.1) is 0 Å². The van der Waals surface area contributed by atoms with Gasteiger partial charge in [0.05, 0.1) is 0 Å². The van der Waals surface area contributed by atoms with Crippen LogP contribution in [-0.2, 0) is 19.9 Å². The third-order valence-electron chi connectivity index (χ3n) is 3.44. The Morgan fingerprint density at radius 3 is 2.89 bits per heavy atom. The lowest BCUT2D eigenvalue weighted by Crippen LogP contribution is -2.18. The second kappa shape index (κ2) is 6.87. The average Bonchev–Trinajstić information content (AvgIpc) is 2.80. The van der Waals surface area contributed by atoms with E-state index in [1.54, 1.807) is 0 Å². The lowest BCUT2D eigenvalue weighted by molar-refractivity contribution is 0.484. The molecule has 1 aromatic heterocycles. The molecule has 2 aromatic rings. The van der Waals surface area contributed by atoms with Crippen molar-refractivity contribution in [2.24, 2.45) is 18.7 Å². The fourth-order valence-electron chi connectivity index (χ4n) is 2.27. The zero-order chi connectivity index (χ0) is 13.7. The number of halogens is 1. The number of rotatable bonds is 6. The zero-order valence-corrected chi connectivity index (χ0v) is 12.8. The van der Waals surface area contributed by atoms with Gasteiger partial charge >= 0.3 is 0 Å². The lowest BCUT2D eigenvalue weighted by atomic mass is 9.95. The summed E-state index contributed by atoms with van der Waals surface area (Å²) in [6.07, 6.45) is 6.93. The zero-order valence-electron chi connectivity index (χ0n) is 11.2. The molecule has 1 aromatic carbocycles. The van der Waals surface area contributed by atoms with Crippen LogP contribution in [0.15, 0.2) is 41.1 Å². The molecular formula is C15H20BrN3. The number of nitrogens with two attached hydrogens (primary N) is 1. The molecule has 0 fully saturated rings. The molecule has 102 valence electrons. The van der Waals surface area contributed by atoms with Crippen LogP contribution < -0.4 is 5.73 Å². The molecule has 0 amide bonds. The summed E-state index contributed by atoms with van der Waals surface area (Å²) in [7, 11) is 2.04. The molecule has 2 rings (SSSR count). The standard InChI is InChI=1S/C15H20BrN3/c1-19-8-7-18-15(19)6-5-13(11-17)9-12-3-2-4-14(16)10-12/h2-4,7-8,10,13H,5-6,9,11,17H2,1H3. The van der Waals surface area contributed by atoms with E-state index in [4.69, 9.17) is 5.73 Å². The van der Waals surface area contributed by atoms with Crippen molar-refractivity contribution in [3.63, 3.8) is 0 Å². The van der Waals surface area contributed by atoms with Crippen LogP contribution in [-0.4, -0.2) is 16.1 Å². The van der Waals surface area contributed by atoms with Crippen molar-refractivity contribution in [2.45, 2.75) is 19.3 Å². The van der Waals surface area contributed by atoms with E-state index in [2.05, 4.69) is 49.7 Å². The maximum absolute atomic E-state index is 5.90. The van der Waals surface area contributed by atoms with Crippen LogP contribution in [0.3, 0.4) is 0 Å². The Morgan fingerprint density at radius 1 is 1.42 bits per heavy atom. The van der Waals surface area contributed by atoms with Crippen LogP contribution in [0.25, 0.3) is 0 Å². The van der Waals surface area contributed by atoms with Gasteiger partial charge < -0.3 is 10.3 Å². The molecule has 0 aliphatic rings. The third kappa shape index (κ3) is 4.18. The Balaban J connectivity index is 1.92. The minimum atomic E-state index is 0.506. The van der Waals surface area contributed by atoms with E-state index in [0.717, 1.165) is 36.1 Å². The number of imidazole rings is 1. The van der Waals surface area contributed by atoms with Gasteiger partial charge in [0.2, 0.25) is 0 Å². The first-order valence-corrected chi connectivity index (χ1v) is 7.39. The summed E-state index contributed by atoms with van der Waals surface area (Å²) in [6.45, 7) is 0.719. The van der Waals surface area contributed by atoms with E-state index in [1.165, 1.54) is 5.56 Å². The molecule has 0 saturated carbocycles. The highest BCUT2D eigenvalue weighted by atomic mass is 79.9. The van der Waals surface area contributed by atoms with Gasteiger partial charge in [0.15, 0.2) is 0 Å². The number of hydrogen-bond donors (Lipinski definition) is 1. The van der Waals surface area contributed by atoms with Crippen molar-refractivity contribution in [1.29, 1.82) is 0 Å². The average molecular weight is 322 g/mol. The topological polar surface area (TPSA) is 43.8 Å².